The lowest BCUT2D eigenvalue weighted by atomic mass is 9.98. The maximum absolute atomic E-state index is 6.34. The number of benzene rings is 2. The summed E-state index contributed by atoms with van der Waals surface area (Å²) >= 11 is 12.7. The smallest absolute Gasteiger partial charge is 0.0573 e. The van der Waals surface area contributed by atoms with Crippen LogP contribution in [0.15, 0.2) is 36.4 Å². The van der Waals surface area contributed by atoms with E-state index in [1.165, 1.54) is 11.1 Å². The van der Waals surface area contributed by atoms with Gasteiger partial charge in [-0.2, -0.15) is 0 Å². The van der Waals surface area contributed by atoms with Gasteiger partial charge in [-0.15, -0.1) is 0 Å². The van der Waals surface area contributed by atoms with Gasteiger partial charge in [-0.3, -0.25) is 0 Å². The molecule has 0 spiro atoms. The number of ether oxygens (including phenoxy) is 1. The number of fused-ring (bicyclic) bond motifs is 3. The van der Waals surface area contributed by atoms with Crippen LogP contribution in [0.4, 0.5) is 0 Å². The fraction of sp³-hybridized carbons (Fsp3) is 0.200. The molecule has 0 radical (unpaired) electrons. The molecule has 3 heteroatoms. The van der Waals surface area contributed by atoms with Crippen molar-refractivity contribution >= 4 is 23.2 Å². The molecule has 0 saturated heterocycles. The van der Waals surface area contributed by atoms with Gasteiger partial charge >= 0.3 is 0 Å². The van der Waals surface area contributed by atoms with E-state index in [1.807, 2.05) is 24.3 Å². The quantitative estimate of drug-likeness (QED) is 0.770. The summed E-state index contributed by atoms with van der Waals surface area (Å²) in [4.78, 5) is 0. The second-order valence-electron chi connectivity index (χ2n) is 4.41. The van der Waals surface area contributed by atoms with Crippen molar-refractivity contribution in [1.82, 2.24) is 0 Å². The van der Waals surface area contributed by atoms with E-state index in [-0.39, 0.29) is 5.92 Å². The molecule has 2 aromatic rings. The molecule has 0 heterocycles. The molecule has 2 aromatic carbocycles. The predicted octanol–water partition coefficient (Wildman–Crippen LogP) is 4.75. The van der Waals surface area contributed by atoms with Crippen molar-refractivity contribution in [1.29, 1.82) is 0 Å². The Morgan fingerprint density at radius 1 is 0.944 bits per heavy atom. The largest absolute Gasteiger partial charge is 0.384 e. The number of halogens is 2. The molecule has 0 unspecified atom stereocenters. The molecule has 18 heavy (non-hydrogen) atoms. The van der Waals surface area contributed by atoms with Crippen LogP contribution in [0.25, 0.3) is 11.1 Å². The summed E-state index contributed by atoms with van der Waals surface area (Å²) in [5.41, 5.74) is 4.59. The van der Waals surface area contributed by atoms with Gasteiger partial charge in [-0.25, -0.2) is 0 Å². The third kappa shape index (κ3) is 1.66. The highest BCUT2D eigenvalue weighted by molar-refractivity contribution is 6.33. The van der Waals surface area contributed by atoms with Crippen LogP contribution in [0, 0.1) is 0 Å². The molecule has 0 saturated carbocycles. The molecule has 1 aliphatic carbocycles. The van der Waals surface area contributed by atoms with Crippen LogP contribution in [0.1, 0.15) is 17.0 Å². The van der Waals surface area contributed by atoms with Crippen molar-refractivity contribution in [3.63, 3.8) is 0 Å². The molecule has 0 fully saturated rings. The summed E-state index contributed by atoms with van der Waals surface area (Å²) < 4.78 is 5.33. The lowest BCUT2D eigenvalue weighted by Gasteiger charge is -2.14. The van der Waals surface area contributed by atoms with Gasteiger partial charge in [-0.1, -0.05) is 47.5 Å². The van der Waals surface area contributed by atoms with Crippen LogP contribution < -0.4 is 0 Å². The zero-order valence-corrected chi connectivity index (χ0v) is 11.4. The first-order chi connectivity index (χ1) is 8.74. The fourth-order valence-electron chi connectivity index (χ4n) is 2.73. The van der Waals surface area contributed by atoms with Crippen molar-refractivity contribution in [2.75, 3.05) is 13.7 Å². The Kier molecular flexibility index (Phi) is 3.06. The summed E-state index contributed by atoms with van der Waals surface area (Å²) in [6.45, 7) is 0.591. The number of hydrogen-bond donors (Lipinski definition) is 0. The third-order valence-corrected chi connectivity index (χ3v) is 4.09. The highest BCUT2D eigenvalue weighted by atomic mass is 35.5. The van der Waals surface area contributed by atoms with Gasteiger partial charge in [0.1, 0.15) is 0 Å². The van der Waals surface area contributed by atoms with E-state index >= 15 is 0 Å². The van der Waals surface area contributed by atoms with Crippen LogP contribution in [-0.4, -0.2) is 13.7 Å². The van der Waals surface area contributed by atoms with E-state index in [0.29, 0.717) is 6.61 Å². The van der Waals surface area contributed by atoms with Crippen molar-refractivity contribution in [2.24, 2.45) is 0 Å². The molecule has 0 N–H and O–H groups in total. The van der Waals surface area contributed by atoms with Gasteiger partial charge in [-0.05, 0) is 34.4 Å². The molecular formula is C15H12Cl2O. The first-order valence-electron chi connectivity index (χ1n) is 5.80. The minimum absolute atomic E-state index is 0.127. The lowest BCUT2D eigenvalue weighted by molar-refractivity contribution is 0.190. The summed E-state index contributed by atoms with van der Waals surface area (Å²) in [6.07, 6.45) is 0. The van der Waals surface area contributed by atoms with E-state index in [9.17, 15) is 0 Å². The van der Waals surface area contributed by atoms with E-state index in [1.54, 1.807) is 7.11 Å². The Morgan fingerprint density at radius 3 is 1.89 bits per heavy atom. The van der Waals surface area contributed by atoms with E-state index in [2.05, 4.69) is 12.1 Å². The fourth-order valence-corrected chi connectivity index (χ4v) is 3.34. The zero-order chi connectivity index (χ0) is 12.7. The second-order valence-corrected chi connectivity index (χ2v) is 5.22. The van der Waals surface area contributed by atoms with Crippen LogP contribution in [0.2, 0.25) is 10.0 Å². The molecular weight excluding hydrogens is 267 g/mol. The highest BCUT2D eigenvalue weighted by Gasteiger charge is 2.32. The number of methoxy groups -OCH3 is 1. The van der Waals surface area contributed by atoms with Crippen molar-refractivity contribution in [2.45, 2.75) is 5.92 Å². The monoisotopic (exact) mass is 278 g/mol. The summed E-state index contributed by atoms with van der Waals surface area (Å²) in [5, 5.41) is 1.56. The van der Waals surface area contributed by atoms with Crippen LogP contribution in [0.3, 0.4) is 0 Å². The SMILES string of the molecule is COCC1c2c(Cl)cccc2-c2cccc(Cl)c21. The molecule has 0 aromatic heterocycles. The van der Waals surface area contributed by atoms with Gasteiger partial charge in [0.25, 0.3) is 0 Å². The zero-order valence-electron chi connectivity index (χ0n) is 9.91. The Balaban J connectivity index is 2.30. The predicted molar refractivity (Wildman–Crippen MR) is 75.6 cm³/mol. The maximum atomic E-state index is 6.34. The van der Waals surface area contributed by atoms with Gasteiger partial charge in [0.2, 0.25) is 0 Å². The van der Waals surface area contributed by atoms with Crippen molar-refractivity contribution in [3.8, 4) is 11.1 Å². The van der Waals surface area contributed by atoms with Crippen LogP contribution in [0.5, 0.6) is 0 Å². The van der Waals surface area contributed by atoms with Crippen molar-refractivity contribution in [3.05, 3.63) is 57.6 Å². The molecule has 0 bridgehead atoms. The molecule has 3 rings (SSSR count). The van der Waals surface area contributed by atoms with E-state index < -0.39 is 0 Å². The maximum Gasteiger partial charge on any atom is 0.0573 e. The van der Waals surface area contributed by atoms with Gasteiger partial charge in [0, 0.05) is 23.1 Å². The van der Waals surface area contributed by atoms with Crippen LogP contribution >= 0.6 is 23.2 Å². The Labute approximate surface area is 116 Å². The minimum Gasteiger partial charge on any atom is -0.384 e. The molecule has 92 valence electrons. The Hall–Kier alpha value is -1.02. The van der Waals surface area contributed by atoms with Gasteiger partial charge in [0.15, 0.2) is 0 Å². The van der Waals surface area contributed by atoms with E-state index in [0.717, 1.165) is 21.2 Å². The second kappa shape index (κ2) is 4.58. The normalized spacial score (nSPS) is 13.5. The highest BCUT2D eigenvalue weighted by Crippen LogP contribution is 2.50. The lowest BCUT2D eigenvalue weighted by Crippen LogP contribution is -2.05. The van der Waals surface area contributed by atoms with Crippen molar-refractivity contribution < 1.29 is 4.74 Å². The molecule has 1 aliphatic rings. The first-order valence-corrected chi connectivity index (χ1v) is 6.55. The third-order valence-electron chi connectivity index (χ3n) is 3.43. The number of rotatable bonds is 2. The van der Waals surface area contributed by atoms with E-state index in [4.69, 9.17) is 27.9 Å². The van der Waals surface area contributed by atoms with Gasteiger partial charge in [0.05, 0.1) is 6.61 Å². The minimum atomic E-state index is 0.127. The Bertz CT molecular complexity index is 556. The molecule has 0 atom stereocenters. The summed E-state index contributed by atoms with van der Waals surface area (Å²) in [5.74, 6) is 0.127. The standard InChI is InChI=1S/C15H12Cl2O/c1-18-8-11-14-9(4-2-6-12(14)16)10-5-3-7-13(17)15(10)11/h2-7,11H,8H2,1H3. The topological polar surface area (TPSA) is 9.23 Å². The van der Waals surface area contributed by atoms with Gasteiger partial charge < -0.3 is 4.74 Å². The van der Waals surface area contributed by atoms with Crippen LogP contribution in [-0.2, 0) is 4.74 Å². The number of hydrogen-bond acceptors (Lipinski definition) is 1. The summed E-state index contributed by atoms with van der Waals surface area (Å²) in [6, 6.07) is 12.0. The average molecular weight is 279 g/mol. The molecule has 1 nitrogen and oxygen atoms in total. The first kappa shape index (κ1) is 12.0. The molecule has 0 aliphatic heterocycles. The molecule has 0 amide bonds. The average Bonchev–Trinajstić information content (AvgIpc) is 2.68. The Morgan fingerprint density at radius 2 is 1.44 bits per heavy atom. The summed E-state index contributed by atoms with van der Waals surface area (Å²) in [7, 11) is 1.70.